The van der Waals surface area contributed by atoms with Crippen LogP contribution < -0.4 is 15.3 Å². The zero-order valence-corrected chi connectivity index (χ0v) is 23.6. The Hall–Kier alpha value is -4.40. The van der Waals surface area contributed by atoms with Crippen molar-refractivity contribution in [3.05, 3.63) is 139 Å². The molecule has 2 heteroatoms. The average Bonchev–Trinajstić information content (AvgIpc) is 3.21. The standard InChI is InChI=1S/C37H31NSi/c1-26-15-21-31(22-16-26)38(35-13-8-12-34-33-11-6-7-14-36(33)39(2,3)37(34)35)32-23-19-28(20-24-32)30-18-17-27-9-4-5-10-29(27)25-30/h4-25H,1-3H3. The Balaban J connectivity index is 1.38. The second kappa shape index (κ2) is 9.11. The molecular formula is C37H31NSi. The molecule has 0 atom stereocenters. The SMILES string of the molecule is Cc1ccc(N(c2ccc(-c3ccc4ccccc4c3)cc2)c2cccc3c2[Si](C)(C)c2ccccc2-3)cc1. The molecule has 0 aliphatic carbocycles. The molecule has 0 spiro atoms. The van der Waals surface area contributed by atoms with Gasteiger partial charge in [-0.05, 0) is 86.7 Å². The van der Waals surface area contributed by atoms with Crippen LogP contribution in [0, 0.1) is 6.92 Å². The minimum atomic E-state index is -1.90. The molecule has 0 saturated heterocycles. The number of hydrogen-bond donors (Lipinski definition) is 0. The maximum atomic E-state index is 2.50. The van der Waals surface area contributed by atoms with Crippen LogP contribution in [0.4, 0.5) is 17.1 Å². The van der Waals surface area contributed by atoms with E-state index in [2.05, 4.69) is 158 Å². The van der Waals surface area contributed by atoms with Gasteiger partial charge in [0.05, 0.1) is 0 Å². The first kappa shape index (κ1) is 23.7. The average molecular weight is 518 g/mol. The van der Waals surface area contributed by atoms with Gasteiger partial charge in [-0.25, -0.2) is 0 Å². The van der Waals surface area contributed by atoms with Crippen LogP contribution in [0.15, 0.2) is 133 Å². The second-order valence-electron chi connectivity index (χ2n) is 11.2. The van der Waals surface area contributed by atoms with Crippen molar-refractivity contribution in [2.24, 2.45) is 0 Å². The zero-order chi connectivity index (χ0) is 26.6. The van der Waals surface area contributed by atoms with Crippen molar-refractivity contribution in [1.82, 2.24) is 0 Å². The Kier molecular flexibility index (Phi) is 5.54. The molecule has 0 saturated carbocycles. The van der Waals surface area contributed by atoms with Gasteiger partial charge >= 0.3 is 0 Å². The van der Waals surface area contributed by atoms with Crippen molar-refractivity contribution in [2.45, 2.75) is 20.0 Å². The van der Waals surface area contributed by atoms with Crippen LogP contribution in [-0.2, 0) is 0 Å². The lowest BCUT2D eigenvalue weighted by Crippen LogP contribution is -2.50. The molecule has 0 amide bonds. The van der Waals surface area contributed by atoms with Crippen molar-refractivity contribution >= 4 is 46.3 Å². The monoisotopic (exact) mass is 517 g/mol. The van der Waals surface area contributed by atoms with Gasteiger partial charge in [0.15, 0.2) is 0 Å². The van der Waals surface area contributed by atoms with Gasteiger partial charge in [0.25, 0.3) is 0 Å². The molecule has 1 aliphatic rings. The summed E-state index contributed by atoms with van der Waals surface area (Å²) in [6, 6.07) is 49.2. The molecule has 1 heterocycles. The summed E-state index contributed by atoms with van der Waals surface area (Å²) in [4.78, 5) is 2.46. The van der Waals surface area contributed by atoms with E-state index < -0.39 is 8.07 Å². The minimum Gasteiger partial charge on any atom is -0.311 e. The minimum absolute atomic E-state index is 1.18. The van der Waals surface area contributed by atoms with E-state index in [9.17, 15) is 0 Å². The van der Waals surface area contributed by atoms with Crippen molar-refractivity contribution in [2.75, 3.05) is 4.90 Å². The highest BCUT2D eigenvalue weighted by atomic mass is 28.3. The van der Waals surface area contributed by atoms with Gasteiger partial charge < -0.3 is 4.90 Å². The van der Waals surface area contributed by atoms with Crippen LogP contribution in [-0.4, -0.2) is 8.07 Å². The summed E-state index contributed by atoms with van der Waals surface area (Å²) in [7, 11) is -1.90. The molecule has 1 nitrogen and oxygen atoms in total. The maximum absolute atomic E-state index is 2.50. The highest BCUT2D eigenvalue weighted by Crippen LogP contribution is 2.40. The van der Waals surface area contributed by atoms with Crippen LogP contribution in [0.25, 0.3) is 33.0 Å². The van der Waals surface area contributed by atoms with Gasteiger partial charge in [0.2, 0.25) is 0 Å². The summed E-state index contributed by atoms with van der Waals surface area (Å²) in [6.45, 7) is 7.15. The van der Waals surface area contributed by atoms with Gasteiger partial charge in [-0.2, -0.15) is 0 Å². The molecule has 7 rings (SSSR count). The molecule has 0 unspecified atom stereocenters. The lowest BCUT2D eigenvalue weighted by atomic mass is 10.0. The normalized spacial score (nSPS) is 13.2. The Labute approximate surface area is 232 Å². The molecule has 188 valence electrons. The van der Waals surface area contributed by atoms with Crippen molar-refractivity contribution in [3.8, 4) is 22.3 Å². The van der Waals surface area contributed by atoms with Crippen molar-refractivity contribution in [1.29, 1.82) is 0 Å². The number of benzene rings is 6. The van der Waals surface area contributed by atoms with Crippen LogP contribution in [0.2, 0.25) is 13.1 Å². The molecular weight excluding hydrogens is 487 g/mol. The largest absolute Gasteiger partial charge is 0.311 e. The first-order valence-electron chi connectivity index (χ1n) is 13.7. The first-order valence-corrected chi connectivity index (χ1v) is 16.7. The van der Waals surface area contributed by atoms with E-state index in [4.69, 9.17) is 0 Å². The smallest absolute Gasteiger partial charge is 0.116 e. The summed E-state index contributed by atoms with van der Waals surface area (Å²) < 4.78 is 0. The van der Waals surface area contributed by atoms with Gasteiger partial charge in [-0.1, -0.05) is 116 Å². The van der Waals surface area contributed by atoms with Gasteiger partial charge in [-0.15, -0.1) is 0 Å². The Morgan fingerprint density at radius 3 is 1.90 bits per heavy atom. The number of nitrogens with zero attached hydrogens (tertiary/aromatic N) is 1. The molecule has 0 N–H and O–H groups in total. The molecule has 0 aromatic heterocycles. The van der Waals surface area contributed by atoms with Crippen LogP contribution in [0.5, 0.6) is 0 Å². The molecule has 1 aliphatic heterocycles. The van der Waals surface area contributed by atoms with Gasteiger partial charge in [-0.3, -0.25) is 0 Å². The lowest BCUT2D eigenvalue weighted by Gasteiger charge is -2.31. The van der Waals surface area contributed by atoms with Crippen LogP contribution >= 0.6 is 0 Å². The number of fused-ring (bicyclic) bond motifs is 4. The van der Waals surface area contributed by atoms with Crippen molar-refractivity contribution < 1.29 is 0 Å². The van der Waals surface area contributed by atoms with E-state index in [1.54, 1.807) is 0 Å². The number of hydrogen-bond acceptors (Lipinski definition) is 1. The third-order valence-corrected chi connectivity index (χ3v) is 11.9. The number of rotatable bonds is 4. The highest BCUT2D eigenvalue weighted by molar-refractivity contribution is 7.04. The van der Waals surface area contributed by atoms with E-state index in [1.807, 2.05) is 0 Å². The Bertz CT molecular complexity index is 1830. The number of aryl methyl sites for hydroxylation is 1. The van der Waals surface area contributed by atoms with Crippen LogP contribution in [0.1, 0.15) is 5.56 Å². The fourth-order valence-corrected chi connectivity index (χ4v) is 9.70. The summed E-state index contributed by atoms with van der Waals surface area (Å²) >= 11 is 0. The van der Waals surface area contributed by atoms with Crippen molar-refractivity contribution in [3.63, 3.8) is 0 Å². The lowest BCUT2D eigenvalue weighted by molar-refractivity contribution is 1.28. The van der Waals surface area contributed by atoms with E-state index in [1.165, 1.54) is 66.0 Å². The fourth-order valence-electron chi connectivity index (χ4n) is 6.30. The zero-order valence-electron chi connectivity index (χ0n) is 22.6. The third kappa shape index (κ3) is 3.91. The summed E-state index contributed by atoms with van der Waals surface area (Å²) in [5, 5.41) is 5.59. The van der Waals surface area contributed by atoms with Gasteiger partial charge in [0.1, 0.15) is 8.07 Å². The molecule has 6 aromatic rings. The second-order valence-corrected chi connectivity index (χ2v) is 15.4. The predicted octanol–water partition coefficient (Wildman–Crippen LogP) is 9.09. The topological polar surface area (TPSA) is 3.24 Å². The number of anilines is 3. The van der Waals surface area contributed by atoms with E-state index in [0.717, 1.165) is 0 Å². The molecule has 6 aromatic carbocycles. The van der Waals surface area contributed by atoms with Gasteiger partial charge in [0, 0.05) is 17.1 Å². The Morgan fingerprint density at radius 2 is 1.13 bits per heavy atom. The molecule has 39 heavy (non-hydrogen) atoms. The summed E-state index contributed by atoms with van der Waals surface area (Å²) in [6.07, 6.45) is 0. The maximum Gasteiger partial charge on any atom is 0.116 e. The fraction of sp³-hybridized carbons (Fsp3) is 0.0811. The Morgan fingerprint density at radius 1 is 0.513 bits per heavy atom. The third-order valence-electron chi connectivity index (χ3n) is 8.30. The molecule has 0 bridgehead atoms. The summed E-state index contributed by atoms with van der Waals surface area (Å²) in [5.41, 5.74) is 10.2. The summed E-state index contributed by atoms with van der Waals surface area (Å²) in [5.74, 6) is 0. The predicted molar refractivity (Wildman–Crippen MR) is 171 cm³/mol. The molecule has 0 radical (unpaired) electrons. The highest BCUT2D eigenvalue weighted by Gasteiger charge is 2.40. The molecule has 0 fully saturated rings. The van der Waals surface area contributed by atoms with E-state index in [-0.39, 0.29) is 0 Å². The van der Waals surface area contributed by atoms with E-state index >= 15 is 0 Å². The first-order chi connectivity index (χ1) is 19.0. The van der Waals surface area contributed by atoms with E-state index in [0.29, 0.717) is 0 Å². The quantitative estimate of drug-likeness (QED) is 0.211. The van der Waals surface area contributed by atoms with Crippen LogP contribution in [0.3, 0.4) is 0 Å².